The second-order valence-corrected chi connectivity index (χ2v) is 8.35. The van der Waals surface area contributed by atoms with Crippen molar-refractivity contribution in [2.45, 2.75) is 33.0 Å². The normalized spacial score (nSPS) is 12.1. The fourth-order valence-corrected chi connectivity index (χ4v) is 3.77. The summed E-state index contributed by atoms with van der Waals surface area (Å²) < 4.78 is 11.6. The average molecular weight is 453 g/mol. The number of fused-ring (bicyclic) bond motifs is 1. The Morgan fingerprint density at radius 1 is 1.10 bits per heavy atom. The quantitative estimate of drug-likeness (QED) is 0.494. The molecule has 0 aliphatic rings. The summed E-state index contributed by atoms with van der Waals surface area (Å²) in [4.78, 5) is 28.9. The van der Waals surface area contributed by atoms with Crippen molar-refractivity contribution in [2.75, 3.05) is 5.32 Å². The lowest BCUT2D eigenvalue weighted by molar-refractivity contribution is -0.122. The van der Waals surface area contributed by atoms with Gasteiger partial charge in [0.1, 0.15) is 5.75 Å². The Kier molecular flexibility index (Phi) is 6.62. The number of halogens is 2. The van der Waals surface area contributed by atoms with E-state index >= 15 is 0 Å². The average Bonchev–Trinajstić information content (AvgIpc) is 3.04. The smallest absolute Gasteiger partial charge is 0.338 e. The molecule has 1 amide bonds. The molecular weight excluding hydrogens is 435 g/mol. The first-order chi connectivity index (χ1) is 13.7. The molecule has 0 spiro atoms. The number of ether oxygens (including phenoxy) is 2. The molecule has 9 heteroatoms. The van der Waals surface area contributed by atoms with Gasteiger partial charge in [-0.25, -0.2) is 9.78 Å². The first kappa shape index (κ1) is 21.4. The number of hydrogen-bond donors (Lipinski definition) is 1. The molecule has 0 saturated heterocycles. The number of esters is 1. The van der Waals surface area contributed by atoms with Gasteiger partial charge in [-0.1, -0.05) is 34.5 Å². The van der Waals surface area contributed by atoms with Gasteiger partial charge in [-0.05, 0) is 57.2 Å². The van der Waals surface area contributed by atoms with Crippen LogP contribution in [0.2, 0.25) is 10.0 Å². The summed E-state index contributed by atoms with van der Waals surface area (Å²) in [7, 11) is 0. The minimum absolute atomic E-state index is 0.204. The summed E-state index contributed by atoms with van der Waals surface area (Å²) in [6.45, 7) is 5.18. The van der Waals surface area contributed by atoms with Crippen LogP contribution in [0.3, 0.4) is 0 Å². The van der Waals surface area contributed by atoms with Gasteiger partial charge >= 0.3 is 5.97 Å². The zero-order chi connectivity index (χ0) is 21.1. The van der Waals surface area contributed by atoms with Crippen LogP contribution in [0.4, 0.5) is 5.13 Å². The molecule has 1 aromatic heterocycles. The maximum Gasteiger partial charge on any atom is 0.338 e. The largest absolute Gasteiger partial charge is 0.479 e. The van der Waals surface area contributed by atoms with Crippen LogP contribution in [0.5, 0.6) is 5.75 Å². The lowest BCUT2D eigenvalue weighted by atomic mass is 10.2. The fourth-order valence-electron chi connectivity index (χ4n) is 2.41. The number of thiazole rings is 1. The molecule has 1 atom stereocenters. The van der Waals surface area contributed by atoms with Gasteiger partial charge in [-0.3, -0.25) is 10.1 Å². The Morgan fingerprint density at radius 3 is 2.55 bits per heavy atom. The van der Waals surface area contributed by atoms with Crippen molar-refractivity contribution in [3.63, 3.8) is 0 Å². The van der Waals surface area contributed by atoms with E-state index in [1.54, 1.807) is 57.2 Å². The molecule has 0 saturated carbocycles. The van der Waals surface area contributed by atoms with Gasteiger partial charge in [0.25, 0.3) is 5.91 Å². The first-order valence-corrected chi connectivity index (χ1v) is 10.3. The second-order valence-electron chi connectivity index (χ2n) is 6.48. The molecular formula is C20H18Cl2N2O4S. The molecule has 2 aromatic carbocycles. The van der Waals surface area contributed by atoms with Crippen LogP contribution in [0.25, 0.3) is 10.2 Å². The Hall–Kier alpha value is -2.35. The van der Waals surface area contributed by atoms with E-state index in [1.165, 1.54) is 11.3 Å². The van der Waals surface area contributed by atoms with Crippen LogP contribution < -0.4 is 10.1 Å². The Balaban J connectivity index is 1.70. The number of benzene rings is 2. The predicted molar refractivity (Wildman–Crippen MR) is 115 cm³/mol. The van der Waals surface area contributed by atoms with Crippen LogP contribution in [0.15, 0.2) is 36.4 Å². The SMILES string of the molecule is CC(C)OC(=O)c1ccc2nc(NC(=O)[C@@H](C)Oc3ccc(Cl)cc3Cl)sc2c1. The highest BCUT2D eigenvalue weighted by molar-refractivity contribution is 7.22. The highest BCUT2D eigenvalue weighted by atomic mass is 35.5. The van der Waals surface area contributed by atoms with E-state index in [-0.39, 0.29) is 12.0 Å². The minimum Gasteiger partial charge on any atom is -0.479 e. The molecule has 0 bridgehead atoms. The summed E-state index contributed by atoms with van der Waals surface area (Å²) >= 11 is 13.2. The van der Waals surface area contributed by atoms with Gasteiger partial charge in [0.15, 0.2) is 11.2 Å². The van der Waals surface area contributed by atoms with E-state index in [0.29, 0.717) is 32.0 Å². The highest BCUT2D eigenvalue weighted by Gasteiger charge is 2.19. The highest BCUT2D eigenvalue weighted by Crippen LogP contribution is 2.30. The third-order valence-electron chi connectivity index (χ3n) is 3.76. The van der Waals surface area contributed by atoms with Crippen molar-refractivity contribution in [1.82, 2.24) is 4.98 Å². The topological polar surface area (TPSA) is 77.5 Å². The zero-order valence-electron chi connectivity index (χ0n) is 15.9. The summed E-state index contributed by atoms with van der Waals surface area (Å²) in [5.41, 5.74) is 1.10. The third-order valence-corrected chi connectivity index (χ3v) is 5.23. The standard InChI is InChI=1S/C20H18Cl2N2O4S/c1-10(2)27-19(26)12-4-6-15-17(8-12)29-20(23-15)24-18(25)11(3)28-16-7-5-13(21)9-14(16)22/h4-11H,1-3H3,(H,23,24,25)/t11-/m1/s1. The van der Waals surface area contributed by atoms with Gasteiger partial charge in [-0.2, -0.15) is 0 Å². The van der Waals surface area contributed by atoms with Crippen LogP contribution in [-0.2, 0) is 9.53 Å². The van der Waals surface area contributed by atoms with Crippen LogP contribution >= 0.6 is 34.5 Å². The number of amides is 1. The maximum atomic E-state index is 12.5. The summed E-state index contributed by atoms with van der Waals surface area (Å²) in [6.07, 6.45) is -1.01. The molecule has 6 nitrogen and oxygen atoms in total. The molecule has 29 heavy (non-hydrogen) atoms. The lowest BCUT2D eigenvalue weighted by Gasteiger charge is -2.14. The minimum atomic E-state index is -0.808. The van der Waals surface area contributed by atoms with Gasteiger partial charge in [0.05, 0.1) is 26.9 Å². The Morgan fingerprint density at radius 2 is 1.86 bits per heavy atom. The monoisotopic (exact) mass is 452 g/mol. The molecule has 3 rings (SSSR count). The molecule has 3 aromatic rings. The number of nitrogens with zero attached hydrogens (tertiary/aromatic N) is 1. The Labute approximate surface area is 181 Å². The molecule has 152 valence electrons. The van der Waals surface area contributed by atoms with E-state index in [0.717, 1.165) is 4.70 Å². The van der Waals surface area contributed by atoms with Crippen LogP contribution in [-0.4, -0.2) is 29.1 Å². The predicted octanol–water partition coefficient (Wildman–Crippen LogP) is 5.57. The number of carbonyl (C=O) groups is 2. The van der Waals surface area contributed by atoms with Gasteiger partial charge < -0.3 is 9.47 Å². The summed E-state index contributed by atoms with van der Waals surface area (Å²) in [5.74, 6) is -0.423. The molecule has 0 unspecified atom stereocenters. The van der Waals surface area contributed by atoms with Crippen molar-refractivity contribution in [2.24, 2.45) is 0 Å². The molecule has 0 fully saturated rings. The number of aromatic nitrogens is 1. The van der Waals surface area contributed by atoms with E-state index < -0.39 is 12.1 Å². The number of hydrogen-bond acceptors (Lipinski definition) is 6. The fraction of sp³-hybridized carbons (Fsp3) is 0.250. The molecule has 0 aliphatic heterocycles. The molecule has 0 aliphatic carbocycles. The molecule has 1 heterocycles. The van der Waals surface area contributed by atoms with Crippen molar-refractivity contribution in [3.8, 4) is 5.75 Å². The number of nitrogens with one attached hydrogen (secondary N) is 1. The van der Waals surface area contributed by atoms with Crippen molar-refractivity contribution in [3.05, 3.63) is 52.0 Å². The lowest BCUT2D eigenvalue weighted by Crippen LogP contribution is -2.30. The summed E-state index contributed by atoms with van der Waals surface area (Å²) in [6, 6.07) is 9.82. The second kappa shape index (κ2) is 8.98. The molecule has 1 N–H and O–H groups in total. The van der Waals surface area contributed by atoms with Gasteiger partial charge in [-0.15, -0.1) is 0 Å². The summed E-state index contributed by atoms with van der Waals surface area (Å²) in [5, 5.41) is 3.92. The van der Waals surface area contributed by atoms with Gasteiger partial charge in [0.2, 0.25) is 0 Å². The van der Waals surface area contributed by atoms with Crippen molar-refractivity contribution in [1.29, 1.82) is 0 Å². The third kappa shape index (κ3) is 5.38. The van der Waals surface area contributed by atoms with Crippen LogP contribution in [0.1, 0.15) is 31.1 Å². The Bertz CT molecular complexity index is 1070. The van der Waals surface area contributed by atoms with Crippen molar-refractivity contribution < 1.29 is 19.1 Å². The van der Waals surface area contributed by atoms with Gasteiger partial charge in [0, 0.05) is 5.02 Å². The van der Waals surface area contributed by atoms with E-state index in [9.17, 15) is 9.59 Å². The van der Waals surface area contributed by atoms with Crippen LogP contribution in [0, 0.1) is 0 Å². The maximum absolute atomic E-state index is 12.5. The number of carbonyl (C=O) groups excluding carboxylic acids is 2. The number of rotatable bonds is 6. The van der Waals surface area contributed by atoms with E-state index in [4.69, 9.17) is 32.7 Å². The van der Waals surface area contributed by atoms with E-state index in [1.807, 2.05) is 0 Å². The zero-order valence-corrected chi connectivity index (χ0v) is 18.2. The molecule has 0 radical (unpaired) electrons. The van der Waals surface area contributed by atoms with E-state index in [2.05, 4.69) is 10.3 Å². The van der Waals surface area contributed by atoms with Crippen molar-refractivity contribution >= 4 is 61.8 Å². The number of anilines is 1. The first-order valence-electron chi connectivity index (χ1n) is 8.77.